The molecule has 2 N–H and O–H groups in total. The summed E-state index contributed by atoms with van der Waals surface area (Å²) >= 11 is 0. The second kappa shape index (κ2) is 3.14. The molecule has 0 aliphatic carbocycles. The van der Waals surface area contributed by atoms with E-state index in [4.69, 9.17) is 5.73 Å². The molecule has 1 aromatic rings. The Morgan fingerprint density at radius 2 is 2.33 bits per heavy atom. The smallest absolute Gasteiger partial charge is 0.0528 e. The van der Waals surface area contributed by atoms with Gasteiger partial charge in [-0.1, -0.05) is 0 Å². The van der Waals surface area contributed by atoms with Crippen molar-refractivity contribution in [1.29, 1.82) is 0 Å². The van der Waals surface area contributed by atoms with Crippen molar-refractivity contribution in [2.45, 2.75) is 6.42 Å². The molecule has 0 fully saturated rings. The summed E-state index contributed by atoms with van der Waals surface area (Å²) in [7, 11) is 0. The maximum Gasteiger partial charge on any atom is 0.0528 e. The van der Waals surface area contributed by atoms with Gasteiger partial charge in [0.1, 0.15) is 0 Å². The second-order valence-corrected chi connectivity index (χ2v) is 1.79. The molecular formula is C6H9N3. The third-order valence-electron chi connectivity index (χ3n) is 1.08. The highest BCUT2D eigenvalue weighted by Gasteiger charge is 1.86. The summed E-state index contributed by atoms with van der Waals surface area (Å²) in [5.74, 6) is 0. The van der Waals surface area contributed by atoms with Crippen LogP contribution in [0, 0.1) is 0 Å². The monoisotopic (exact) mass is 123 g/mol. The molecule has 3 nitrogen and oxygen atoms in total. The molecule has 0 spiro atoms. The lowest BCUT2D eigenvalue weighted by atomic mass is 10.2. The highest BCUT2D eigenvalue weighted by molar-refractivity contribution is 5.05. The Hall–Kier alpha value is -0.960. The van der Waals surface area contributed by atoms with Crippen molar-refractivity contribution >= 4 is 0 Å². The quantitative estimate of drug-likeness (QED) is 0.601. The fraction of sp³-hybridized carbons (Fsp3) is 0.333. The molecule has 0 unspecified atom stereocenters. The number of hydrogen-bond acceptors (Lipinski definition) is 3. The van der Waals surface area contributed by atoms with Gasteiger partial charge in [-0.3, -0.25) is 0 Å². The number of rotatable bonds is 2. The Labute approximate surface area is 53.9 Å². The Balaban J connectivity index is 2.61. The summed E-state index contributed by atoms with van der Waals surface area (Å²) in [5.41, 5.74) is 6.46. The van der Waals surface area contributed by atoms with Crippen LogP contribution in [0.3, 0.4) is 0 Å². The van der Waals surface area contributed by atoms with Gasteiger partial charge >= 0.3 is 0 Å². The SMILES string of the molecule is NCCc1ccnnc1. The highest BCUT2D eigenvalue weighted by atomic mass is 15.1. The van der Waals surface area contributed by atoms with Gasteiger partial charge < -0.3 is 5.73 Å². The van der Waals surface area contributed by atoms with Crippen molar-refractivity contribution in [2.24, 2.45) is 5.73 Å². The molecule has 48 valence electrons. The van der Waals surface area contributed by atoms with Crippen LogP contribution in [0.1, 0.15) is 5.56 Å². The van der Waals surface area contributed by atoms with E-state index in [0.717, 1.165) is 12.0 Å². The van der Waals surface area contributed by atoms with Gasteiger partial charge in [-0.15, -0.1) is 0 Å². The molecule has 1 rings (SSSR count). The van der Waals surface area contributed by atoms with Crippen molar-refractivity contribution in [3.8, 4) is 0 Å². The molecule has 0 bridgehead atoms. The van der Waals surface area contributed by atoms with Gasteiger partial charge in [-0.05, 0) is 24.6 Å². The molecule has 0 atom stereocenters. The molecule has 0 radical (unpaired) electrons. The van der Waals surface area contributed by atoms with Crippen LogP contribution in [0.5, 0.6) is 0 Å². The van der Waals surface area contributed by atoms with Gasteiger partial charge in [-0.2, -0.15) is 10.2 Å². The third-order valence-corrected chi connectivity index (χ3v) is 1.08. The first kappa shape index (κ1) is 6.16. The predicted octanol–water partition coefficient (Wildman–Crippen LogP) is -0.0222. The Kier molecular flexibility index (Phi) is 2.15. The number of nitrogens with zero attached hydrogens (tertiary/aromatic N) is 2. The minimum atomic E-state index is 0.672. The van der Waals surface area contributed by atoms with Gasteiger partial charge in [0, 0.05) is 6.20 Å². The summed E-state index contributed by atoms with van der Waals surface area (Å²) in [6.07, 6.45) is 4.29. The van der Waals surface area contributed by atoms with E-state index < -0.39 is 0 Å². The molecule has 0 aliphatic rings. The number of aromatic nitrogens is 2. The lowest BCUT2D eigenvalue weighted by molar-refractivity contribution is 0.926. The molecule has 0 aliphatic heterocycles. The van der Waals surface area contributed by atoms with Gasteiger partial charge in [0.15, 0.2) is 0 Å². The van der Waals surface area contributed by atoms with Crippen LogP contribution in [0.2, 0.25) is 0 Å². The molecule has 0 saturated carbocycles. The van der Waals surface area contributed by atoms with E-state index in [2.05, 4.69) is 10.2 Å². The molecule has 9 heavy (non-hydrogen) atoms. The number of nitrogens with two attached hydrogens (primary N) is 1. The zero-order valence-corrected chi connectivity index (χ0v) is 5.12. The maximum atomic E-state index is 5.31. The Morgan fingerprint density at radius 3 is 2.89 bits per heavy atom. The van der Waals surface area contributed by atoms with Gasteiger partial charge in [0.25, 0.3) is 0 Å². The molecule has 0 amide bonds. The molecule has 3 heteroatoms. The van der Waals surface area contributed by atoms with E-state index in [1.165, 1.54) is 0 Å². The zero-order valence-electron chi connectivity index (χ0n) is 5.12. The first-order chi connectivity index (χ1) is 4.43. The summed E-state index contributed by atoms with van der Waals surface area (Å²) < 4.78 is 0. The lowest BCUT2D eigenvalue weighted by Gasteiger charge is -1.92. The highest BCUT2D eigenvalue weighted by Crippen LogP contribution is 1.91. The van der Waals surface area contributed by atoms with E-state index in [-0.39, 0.29) is 0 Å². The van der Waals surface area contributed by atoms with Gasteiger partial charge in [0.2, 0.25) is 0 Å². The largest absolute Gasteiger partial charge is 0.330 e. The van der Waals surface area contributed by atoms with Crippen molar-refractivity contribution in [1.82, 2.24) is 10.2 Å². The topological polar surface area (TPSA) is 51.8 Å². The van der Waals surface area contributed by atoms with Crippen LogP contribution < -0.4 is 5.73 Å². The molecule has 0 aromatic carbocycles. The predicted molar refractivity (Wildman–Crippen MR) is 34.8 cm³/mol. The van der Waals surface area contributed by atoms with Crippen molar-refractivity contribution in [2.75, 3.05) is 6.54 Å². The molecular weight excluding hydrogens is 114 g/mol. The van der Waals surface area contributed by atoms with Gasteiger partial charge in [-0.25, -0.2) is 0 Å². The third kappa shape index (κ3) is 1.77. The van der Waals surface area contributed by atoms with Crippen LogP contribution >= 0.6 is 0 Å². The van der Waals surface area contributed by atoms with Crippen LogP contribution in [0.15, 0.2) is 18.5 Å². The van der Waals surface area contributed by atoms with E-state index in [1.54, 1.807) is 12.4 Å². The average molecular weight is 123 g/mol. The van der Waals surface area contributed by atoms with Crippen LogP contribution in [0.25, 0.3) is 0 Å². The molecule has 1 heterocycles. The van der Waals surface area contributed by atoms with Crippen LogP contribution in [0.4, 0.5) is 0 Å². The first-order valence-corrected chi connectivity index (χ1v) is 2.89. The second-order valence-electron chi connectivity index (χ2n) is 1.79. The standard InChI is InChI=1S/C6H9N3/c7-3-1-6-2-4-8-9-5-6/h2,4-5H,1,3,7H2. The van der Waals surface area contributed by atoms with E-state index >= 15 is 0 Å². The first-order valence-electron chi connectivity index (χ1n) is 2.89. The van der Waals surface area contributed by atoms with Gasteiger partial charge in [0.05, 0.1) is 6.20 Å². The lowest BCUT2D eigenvalue weighted by Crippen LogP contribution is -2.02. The van der Waals surface area contributed by atoms with Crippen molar-refractivity contribution in [3.63, 3.8) is 0 Å². The molecule has 1 aromatic heterocycles. The maximum absolute atomic E-state index is 5.31. The Bertz CT molecular complexity index is 161. The fourth-order valence-corrected chi connectivity index (χ4v) is 0.633. The van der Waals surface area contributed by atoms with Crippen molar-refractivity contribution < 1.29 is 0 Å². The minimum absolute atomic E-state index is 0.672. The number of hydrogen-bond donors (Lipinski definition) is 1. The minimum Gasteiger partial charge on any atom is -0.330 e. The average Bonchev–Trinajstić information content (AvgIpc) is 1.91. The summed E-state index contributed by atoms with van der Waals surface area (Å²) in [5, 5.41) is 7.33. The molecule has 0 saturated heterocycles. The summed E-state index contributed by atoms with van der Waals surface area (Å²) in [6.45, 7) is 0.672. The van der Waals surface area contributed by atoms with E-state index in [0.29, 0.717) is 6.54 Å². The van der Waals surface area contributed by atoms with E-state index in [1.807, 2.05) is 6.07 Å². The van der Waals surface area contributed by atoms with Crippen LogP contribution in [-0.2, 0) is 6.42 Å². The zero-order chi connectivity index (χ0) is 6.53. The van der Waals surface area contributed by atoms with Crippen molar-refractivity contribution in [3.05, 3.63) is 24.0 Å². The normalized spacial score (nSPS) is 9.44. The summed E-state index contributed by atoms with van der Waals surface area (Å²) in [4.78, 5) is 0. The summed E-state index contributed by atoms with van der Waals surface area (Å²) in [6, 6.07) is 1.92. The van der Waals surface area contributed by atoms with Crippen LogP contribution in [-0.4, -0.2) is 16.7 Å². The fourth-order valence-electron chi connectivity index (χ4n) is 0.633. The Morgan fingerprint density at radius 1 is 1.44 bits per heavy atom. The van der Waals surface area contributed by atoms with E-state index in [9.17, 15) is 0 Å².